The molecule has 2 heteroatoms. The lowest BCUT2D eigenvalue weighted by molar-refractivity contribution is -0.160. The van der Waals surface area contributed by atoms with Gasteiger partial charge in [-0.15, -0.1) is 0 Å². The van der Waals surface area contributed by atoms with E-state index in [1.165, 1.54) is 0 Å². The summed E-state index contributed by atoms with van der Waals surface area (Å²) >= 11 is 0. The first-order valence-electron chi connectivity index (χ1n) is 5.41. The van der Waals surface area contributed by atoms with Crippen molar-refractivity contribution in [1.29, 1.82) is 0 Å². The molecule has 0 aromatic rings. The third-order valence-electron chi connectivity index (χ3n) is 3.39. The van der Waals surface area contributed by atoms with Crippen LogP contribution < -0.4 is 0 Å². The van der Waals surface area contributed by atoms with Crippen LogP contribution >= 0.6 is 0 Å². The fraction of sp³-hybridized carbons (Fsp3) is 1.00. The van der Waals surface area contributed by atoms with Gasteiger partial charge in [-0.1, -0.05) is 20.3 Å². The van der Waals surface area contributed by atoms with E-state index in [2.05, 4.69) is 20.8 Å². The Kier molecular flexibility index (Phi) is 3.74. The van der Waals surface area contributed by atoms with E-state index in [4.69, 9.17) is 4.74 Å². The van der Waals surface area contributed by atoms with Crippen LogP contribution in [0.2, 0.25) is 0 Å². The minimum atomic E-state index is -0.272. The minimum absolute atomic E-state index is 0.00255. The molecular formula is C11H22O2. The van der Waals surface area contributed by atoms with Crippen molar-refractivity contribution in [2.24, 2.45) is 11.8 Å². The van der Waals surface area contributed by atoms with Crippen LogP contribution in [-0.4, -0.2) is 23.4 Å². The third-order valence-corrected chi connectivity index (χ3v) is 3.39. The molecule has 0 amide bonds. The summed E-state index contributed by atoms with van der Waals surface area (Å²) in [7, 11) is 0. The lowest BCUT2D eigenvalue weighted by Gasteiger charge is -2.41. The van der Waals surface area contributed by atoms with Crippen LogP contribution in [0.1, 0.15) is 40.5 Å². The Hall–Kier alpha value is -0.0800. The summed E-state index contributed by atoms with van der Waals surface area (Å²) in [6.45, 7) is 8.43. The number of aliphatic hydroxyl groups excluding tert-OH is 1. The molecule has 1 aliphatic rings. The van der Waals surface area contributed by atoms with Crippen molar-refractivity contribution < 1.29 is 9.84 Å². The lowest BCUT2D eigenvalue weighted by Crippen LogP contribution is -2.47. The van der Waals surface area contributed by atoms with Crippen LogP contribution in [0.4, 0.5) is 0 Å². The predicted octanol–water partition coefficient (Wildman–Crippen LogP) is 2.21. The maximum Gasteiger partial charge on any atom is 0.0830 e. The third kappa shape index (κ3) is 2.23. The van der Waals surface area contributed by atoms with Crippen LogP contribution in [0.15, 0.2) is 0 Å². The van der Waals surface area contributed by atoms with Gasteiger partial charge in [-0.3, -0.25) is 0 Å². The van der Waals surface area contributed by atoms with Crippen molar-refractivity contribution in [2.45, 2.75) is 58.8 Å². The van der Waals surface area contributed by atoms with Crippen LogP contribution in [0, 0.1) is 11.8 Å². The van der Waals surface area contributed by atoms with E-state index >= 15 is 0 Å². The normalized spacial score (nSPS) is 46.4. The van der Waals surface area contributed by atoms with Crippen molar-refractivity contribution in [3.63, 3.8) is 0 Å². The van der Waals surface area contributed by atoms with E-state index in [1.54, 1.807) is 0 Å². The van der Waals surface area contributed by atoms with Crippen molar-refractivity contribution in [3.8, 4) is 0 Å². The molecule has 0 radical (unpaired) electrons. The van der Waals surface area contributed by atoms with Gasteiger partial charge in [-0.25, -0.2) is 0 Å². The number of rotatable bonds is 2. The maximum absolute atomic E-state index is 9.93. The van der Waals surface area contributed by atoms with Crippen LogP contribution in [0.5, 0.6) is 0 Å². The molecule has 5 atom stereocenters. The van der Waals surface area contributed by atoms with Gasteiger partial charge in [0.15, 0.2) is 0 Å². The number of aliphatic hydroxyl groups is 1. The summed E-state index contributed by atoms with van der Waals surface area (Å²) < 4.78 is 5.64. The second-order valence-electron chi connectivity index (χ2n) is 4.35. The van der Waals surface area contributed by atoms with Crippen molar-refractivity contribution in [1.82, 2.24) is 0 Å². The largest absolute Gasteiger partial charge is 0.390 e. The predicted molar refractivity (Wildman–Crippen MR) is 53.6 cm³/mol. The first kappa shape index (κ1) is 11.0. The van der Waals surface area contributed by atoms with Crippen molar-refractivity contribution in [2.75, 3.05) is 0 Å². The lowest BCUT2D eigenvalue weighted by atomic mass is 9.78. The second kappa shape index (κ2) is 4.43. The highest BCUT2D eigenvalue weighted by molar-refractivity contribution is 4.86. The summed E-state index contributed by atoms with van der Waals surface area (Å²) in [5, 5.41) is 9.93. The Morgan fingerprint density at radius 3 is 2.31 bits per heavy atom. The zero-order valence-corrected chi connectivity index (χ0v) is 9.16. The molecule has 1 fully saturated rings. The van der Waals surface area contributed by atoms with Gasteiger partial charge < -0.3 is 9.84 Å². The summed E-state index contributed by atoms with van der Waals surface area (Å²) in [5.74, 6) is 0.898. The van der Waals surface area contributed by atoms with E-state index in [0.29, 0.717) is 11.8 Å². The van der Waals surface area contributed by atoms with Crippen LogP contribution in [0.3, 0.4) is 0 Å². The molecular weight excluding hydrogens is 164 g/mol. The molecule has 2 nitrogen and oxygen atoms in total. The first-order valence-corrected chi connectivity index (χ1v) is 5.41. The molecule has 1 saturated heterocycles. The van der Waals surface area contributed by atoms with Gasteiger partial charge >= 0.3 is 0 Å². The van der Waals surface area contributed by atoms with Crippen molar-refractivity contribution in [3.05, 3.63) is 0 Å². The Labute approximate surface area is 81.3 Å². The van der Waals surface area contributed by atoms with Crippen molar-refractivity contribution >= 4 is 0 Å². The van der Waals surface area contributed by atoms with E-state index in [0.717, 1.165) is 12.8 Å². The Bertz CT molecular complexity index is 144. The summed E-state index contributed by atoms with van der Waals surface area (Å²) in [6, 6.07) is 0. The SMILES string of the molecule is CCCC1C(C)C(C)OC(C)C1O. The van der Waals surface area contributed by atoms with E-state index in [1.807, 2.05) is 6.92 Å². The molecule has 13 heavy (non-hydrogen) atoms. The zero-order chi connectivity index (χ0) is 10.0. The van der Waals surface area contributed by atoms with Gasteiger partial charge in [-0.05, 0) is 32.1 Å². The van der Waals surface area contributed by atoms with Gasteiger partial charge in [0.2, 0.25) is 0 Å². The molecule has 1 N–H and O–H groups in total. The topological polar surface area (TPSA) is 29.5 Å². The molecule has 0 bridgehead atoms. The molecule has 0 spiro atoms. The highest BCUT2D eigenvalue weighted by Gasteiger charge is 2.38. The number of hydrogen-bond donors (Lipinski definition) is 1. The molecule has 78 valence electrons. The zero-order valence-electron chi connectivity index (χ0n) is 9.16. The van der Waals surface area contributed by atoms with Gasteiger partial charge in [0.1, 0.15) is 0 Å². The van der Waals surface area contributed by atoms with E-state index < -0.39 is 0 Å². The molecule has 0 aliphatic carbocycles. The van der Waals surface area contributed by atoms with Crippen LogP contribution in [0.25, 0.3) is 0 Å². The van der Waals surface area contributed by atoms with Crippen LogP contribution in [-0.2, 0) is 4.74 Å². The molecule has 1 heterocycles. The van der Waals surface area contributed by atoms with E-state index in [-0.39, 0.29) is 18.3 Å². The maximum atomic E-state index is 9.93. The van der Waals surface area contributed by atoms with E-state index in [9.17, 15) is 5.11 Å². The number of ether oxygens (including phenoxy) is 1. The average molecular weight is 186 g/mol. The summed E-state index contributed by atoms with van der Waals surface area (Å²) in [4.78, 5) is 0. The second-order valence-corrected chi connectivity index (χ2v) is 4.35. The standard InChI is InChI=1S/C11H22O2/c1-5-6-10-7(2)8(3)13-9(4)11(10)12/h7-12H,5-6H2,1-4H3. The molecule has 0 aromatic heterocycles. The average Bonchev–Trinajstić information content (AvgIpc) is 2.09. The summed E-state index contributed by atoms with van der Waals surface area (Å²) in [6.07, 6.45) is 2.27. The fourth-order valence-corrected chi connectivity index (χ4v) is 2.32. The smallest absolute Gasteiger partial charge is 0.0830 e. The Balaban J connectivity index is 2.64. The molecule has 5 unspecified atom stereocenters. The Morgan fingerprint density at radius 2 is 1.77 bits per heavy atom. The fourth-order valence-electron chi connectivity index (χ4n) is 2.32. The van der Waals surface area contributed by atoms with Gasteiger partial charge in [0.25, 0.3) is 0 Å². The Morgan fingerprint density at radius 1 is 1.15 bits per heavy atom. The first-order chi connectivity index (χ1) is 6.07. The highest BCUT2D eigenvalue weighted by atomic mass is 16.5. The summed E-state index contributed by atoms with van der Waals surface area (Å²) in [5.41, 5.74) is 0. The molecule has 1 aliphatic heterocycles. The number of hydrogen-bond acceptors (Lipinski definition) is 2. The molecule has 1 rings (SSSR count). The monoisotopic (exact) mass is 186 g/mol. The van der Waals surface area contributed by atoms with Gasteiger partial charge in [0.05, 0.1) is 18.3 Å². The molecule has 0 saturated carbocycles. The highest BCUT2D eigenvalue weighted by Crippen LogP contribution is 2.33. The van der Waals surface area contributed by atoms with Gasteiger partial charge in [0, 0.05) is 0 Å². The quantitative estimate of drug-likeness (QED) is 0.716. The minimum Gasteiger partial charge on any atom is -0.390 e. The van der Waals surface area contributed by atoms with Gasteiger partial charge in [-0.2, -0.15) is 0 Å². The molecule has 0 aromatic carbocycles.